The molecule has 0 heterocycles. The number of ether oxygens (including phenoxy) is 2. The molecule has 70 valence electrons. The highest BCUT2D eigenvalue weighted by molar-refractivity contribution is 5.78. The molecule has 0 spiro atoms. The third kappa shape index (κ3) is 4.65. The van der Waals surface area contributed by atoms with Crippen molar-refractivity contribution in [3.63, 3.8) is 0 Å². The van der Waals surface area contributed by atoms with Crippen molar-refractivity contribution in [1.29, 1.82) is 0 Å². The third-order valence-electron chi connectivity index (χ3n) is 0.996. The molecule has 0 aromatic carbocycles. The fourth-order valence-electron chi connectivity index (χ4n) is 0.554. The maximum Gasteiger partial charge on any atom is 0.347 e. The van der Waals surface area contributed by atoms with Crippen molar-refractivity contribution in [3.8, 4) is 0 Å². The summed E-state index contributed by atoms with van der Waals surface area (Å²) in [7, 11) is 0. The number of carbonyl (C=O) groups excluding carboxylic acids is 2. The van der Waals surface area contributed by atoms with Crippen LogP contribution in [0.15, 0.2) is 0 Å². The number of hydrogen-bond donors (Lipinski definition) is 0. The van der Waals surface area contributed by atoms with E-state index in [4.69, 9.17) is 0 Å². The number of esters is 2. The van der Waals surface area contributed by atoms with Gasteiger partial charge in [0.15, 0.2) is 6.10 Å². The van der Waals surface area contributed by atoms with Crippen LogP contribution in [0.1, 0.15) is 13.8 Å². The summed E-state index contributed by atoms with van der Waals surface area (Å²) in [6, 6.07) is 0. The highest BCUT2D eigenvalue weighted by Gasteiger charge is 2.16. The van der Waals surface area contributed by atoms with Gasteiger partial charge in [-0.3, -0.25) is 4.79 Å². The molecule has 0 aliphatic heterocycles. The van der Waals surface area contributed by atoms with E-state index < -0.39 is 24.7 Å². The van der Waals surface area contributed by atoms with Gasteiger partial charge in [-0.05, 0) is 6.92 Å². The predicted molar refractivity (Wildman–Crippen MR) is 38.2 cm³/mol. The van der Waals surface area contributed by atoms with Gasteiger partial charge in [0.2, 0.25) is 0 Å². The Balaban J connectivity index is 3.69. The average molecular weight is 178 g/mol. The summed E-state index contributed by atoms with van der Waals surface area (Å²) in [5.41, 5.74) is 0. The molecule has 0 radical (unpaired) electrons. The molecule has 0 aliphatic rings. The summed E-state index contributed by atoms with van der Waals surface area (Å²) in [5, 5.41) is 0. The number of rotatable bonds is 4. The summed E-state index contributed by atoms with van der Waals surface area (Å²) < 4.78 is 20.3. The monoisotopic (exact) mass is 178 g/mol. The van der Waals surface area contributed by atoms with Crippen LogP contribution in [-0.4, -0.2) is 31.3 Å². The zero-order chi connectivity index (χ0) is 9.56. The molecule has 12 heavy (non-hydrogen) atoms. The third-order valence-corrected chi connectivity index (χ3v) is 0.996. The first-order valence-corrected chi connectivity index (χ1v) is 3.47. The number of carbonyl (C=O) groups is 2. The molecule has 0 aliphatic carbocycles. The normalized spacial score (nSPS) is 11.9. The molecule has 0 saturated carbocycles. The van der Waals surface area contributed by atoms with Crippen LogP contribution >= 0.6 is 0 Å². The predicted octanol–water partition coefficient (Wildman–Crippen LogP) is 0.451. The van der Waals surface area contributed by atoms with Crippen LogP contribution in [0.2, 0.25) is 0 Å². The van der Waals surface area contributed by atoms with Crippen LogP contribution in [0.25, 0.3) is 0 Å². The van der Waals surface area contributed by atoms with Gasteiger partial charge in [-0.15, -0.1) is 0 Å². The Bertz CT molecular complexity index is 169. The van der Waals surface area contributed by atoms with E-state index in [2.05, 4.69) is 9.47 Å². The van der Waals surface area contributed by atoms with E-state index in [1.807, 2.05) is 0 Å². The molecule has 4 nitrogen and oxygen atoms in total. The van der Waals surface area contributed by atoms with E-state index in [1.165, 1.54) is 13.8 Å². The molecule has 0 bridgehead atoms. The maximum atomic E-state index is 11.5. The Morgan fingerprint density at radius 3 is 2.50 bits per heavy atom. The van der Waals surface area contributed by atoms with E-state index in [0.29, 0.717) is 0 Å². The Hall–Kier alpha value is -1.13. The molecule has 0 aromatic heterocycles. The topological polar surface area (TPSA) is 52.6 Å². The lowest BCUT2D eigenvalue weighted by atomic mass is 10.4. The lowest BCUT2D eigenvalue weighted by Crippen LogP contribution is -2.25. The minimum Gasteiger partial charge on any atom is -0.460 e. The van der Waals surface area contributed by atoms with Crippen LogP contribution in [0.3, 0.4) is 0 Å². The molecule has 0 rings (SSSR count). The second-order valence-electron chi connectivity index (χ2n) is 2.11. The van der Waals surface area contributed by atoms with E-state index in [-0.39, 0.29) is 6.61 Å². The summed E-state index contributed by atoms with van der Waals surface area (Å²) in [4.78, 5) is 21.1. The Kier molecular flexibility index (Phi) is 4.99. The van der Waals surface area contributed by atoms with Gasteiger partial charge < -0.3 is 9.47 Å². The first-order valence-electron chi connectivity index (χ1n) is 3.47. The SMILES string of the molecule is CC(=O)OC(C)C(=O)OCCF. The Labute approximate surface area is 69.6 Å². The van der Waals surface area contributed by atoms with Crippen LogP contribution in [-0.2, 0) is 19.1 Å². The zero-order valence-corrected chi connectivity index (χ0v) is 7.00. The van der Waals surface area contributed by atoms with Gasteiger partial charge in [-0.25, -0.2) is 9.18 Å². The Morgan fingerprint density at radius 1 is 1.50 bits per heavy atom. The lowest BCUT2D eigenvalue weighted by molar-refractivity contribution is -0.165. The van der Waals surface area contributed by atoms with Crippen molar-refractivity contribution < 1.29 is 23.5 Å². The molecule has 1 unspecified atom stereocenters. The van der Waals surface area contributed by atoms with Crippen molar-refractivity contribution in [3.05, 3.63) is 0 Å². The van der Waals surface area contributed by atoms with Crippen LogP contribution < -0.4 is 0 Å². The Morgan fingerprint density at radius 2 is 2.08 bits per heavy atom. The zero-order valence-electron chi connectivity index (χ0n) is 7.00. The van der Waals surface area contributed by atoms with Gasteiger partial charge in [-0.2, -0.15) is 0 Å². The smallest absolute Gasteiger partial charge is 0.347 e. The van der Waals surface area contributed by atoms with Gasteiger partial charge in [0.05, 0.1) is 0 Å². The highest BCUT2D eigenvalue weighted by atomic mass is 19.1. The maximum absolute atomic E-state index is 11.5. The van der Waals surface area contributed by atoms with Gasteiger partial charge >= 0.3 is 11.9 Å². The van der Waals surface area contributed by atoms with Crippen molar-refractivity contribution in [2.75, 3.05) is 13.3 Å². The molecular formula is C7H11FO4. The second-order valence-corrected chi connectivity index (χ2v) is 2.11. The van der Waals surface area contributed by atoms with Crippen molar-refractivity contribution in [2.24, 2.45) is 0 Å². The van der Waals surface area contributed by atoms with Crippen molar-refractivity contribution in [1.82, 2.24) is 0 Å². The number of hydrogen-bond acceptors (Lipinski definition) is 4. The van der Waals surface area contributed by atoms with Gasteiger partial charge in [0.1, 0.15) is 13.3 Å². The van der Waals surface area contributed by atoms with Crippen LogP contribution in [0, 0.1) is 0 Å². The van der Waals surface area contributed by atoms with Crippen LogP contribution in [0.4, 0.5) is 4.39 Å². The van der Waals surface area contributed by atoms with Gasteiger partial charge in [-0.1, -0.05) is 0 Å². The summed E-state index contributed by atoms with van der Waals surface area (Å²) in [6.07, 6.45) is -0.964. The largest absolute Gasteiger partial charge is 0.460 e. The first kappa shape index (κ1) is 10.9. The standard InChI is InChI=1S/C7H11FO4/c1-5(12-6(2)9)7(10)11-4-3-8/h5H,3-4H2,1-2H3. The van der Waals surface area contributed by atoms with E-state index in [9.17, 15) is 14.0 Å². The lowest BCUT2D eigenvalue weighted by Gasteiger charge is -2.09. The molecule has 0 N–H and O–H groups in total. The minimum absolute atomic E-state index is 0.301. The van der Waals surface area contributed by atoms with Gasteiger partial charge in [0.25, 0.3) is 0 Å². The van der Waals surface area contributed by atoms with Crippen LogP contribution in [0.5, 0.6) is 0 Å². The summed E-state index contributed by atoms with van der Waals surface area (Å²) in [5.74, 6) is -1.30. The van der Waals surface area contributed by atoms with Crippen molar-refractivity contribution in [2.45, 2.75) is 20.0 Å². The summed E-state index contributed by atoms with van der Waals surface area (Å²) in [6.45, 7) is 1.50. The number of halogens is 1. The van der Waals surface area contributed by atoms with E-state index in [0.717, 1.165) is 0 Å². The fourth-order valence-corrected chi connectivity index (χ4v) is 0.554. The molecule has 1 atom stereocenters. The average Bonchev–Trinajstić information content (AvgIpc) is 1.98. The molecule has 0 fully saturated rings. The highest BCUT2D eigenvalue weighted by Crippen LogP contribution is 1.94. The number of alkyl halides is 1. The van der Waals surface area contributed by atoms with E-state index >= 15 is 0 Å². The fraction of sp³-hybridized carbons (Fsp3) is 0.714. The quantitative estimate of drug-likeness (QED) is 0.586. The summed E-state index contributed by atoms with van der Waals surface area (Å²) >= 11 is 0. The second kappa shape index (κ2) is 5.51. The molecule has 0 aromatic rings. The van der Waals surface area contributed by atoms with Gasteiger partial charge in [0, 0.05) is 6.92 Å². The minimum atomic E-state index is -0.964. The molecular weight excluding hydrogens is 167 g/mol. The molecule has 0 amide bonds. The van der Waals surface area contributed by atoms with Crippen molar-refractivity contribution >= 4 is 11.9 Å². The van der Waals surface area contributed by atoms with E-state index in [1.54, 1.807) is 0 Å². The molecule has 0 saturated heterocycles. The molecule has 5 heteroatoms. The first-order chi connectivity index (χ1) is 5.57.